The third-order valence-electron chi connectivity index (χ3n) is 2.92. The van der Waals surface area contributed by atoms with Crippen LogP contribution in [0.2, 0.25) is 0 Å². The van der Waals surface area contributed by atoms with Crippen LogP contribution in [0.5, 0.6) is 0 Å². The van der Waals surface area contributed by atoms with Crippen LogP contribution in [0.1, 0.15) is 42.0 Å². The molecule has 0 saturated heterocycles. The molecule has 1 saturated carbocycles. The molecule has 3 nitrogen and oxygen atoms in total. The highest BCUT2D eigenvalue weighted by molar-refractivity contribution is 7.11. The molecule has 0 aliphatic heterocycles. The monoisotopic (exact) mass is 240 g/mol. The van der Waals surface area contributed by atoms with Gasteiger partial charge in [-0.1, -0.05) is 6.92 Å². The molecule has 1 atom stereocenters. The van der Waals surface area contributed by atoms with E-state index in [0.717, 1.165) is 25.5 Å². The molecule has 16 heavy (non-hydrogen) atoms. The fraction of sp³-hybridized carbons (Fsp3) is 0.750. The van der Waals surface area contributed by atoms with Gasteiger partial charge in [-0.25, -0.2) is 4.98 Å². The first-order valence-corrected chi connectivity index (χ1v) is 6.82. The number of nitrogens with one attached hydrogen (secondary N) is 1. The third-order valence-corrected chi connectivity index (χ3v) is 4.08. The van der Waals surface area contributed by atoms with E-state index in [1.807, 2.05) is 17.5 Å². The maximum Gasteiger partial charge on any atom is 0.0959 e. The van der Waals surface area contributed by atoms with Crippen LogP contribution in [0, 0.1) is 0 Å². The smallest absolute Gasteiger partial charge is 0.0959 e. The van der Waals surface area contributed by atoms with Gasteiger partial charge in [0.1, 0.15) is 0 Å². The summed E-state index contributed by atoms with van der Waals surface area (Å²) in [7, 11) is 1.75. The number of hydrogen-bond acceptors (Lipinski definition) is 4. The van der Waals surface area contributed by atoms with Gasteiger partial charge < -0.3 is 10.1 Å². The normalized spacial score (nSPS) is 17.6. The van der Waals surface area contributed by atoms with Crippen LogP contribution >= 0.6 is 11.3 Å². The van der Waals surface area contributed by atoms with Crippen LogP contribution in [-0.2, 0) is 11.3 Å². The lowest BCUT2D eigenvalue weighted by molar-refractivity contribution is 0.164. The fourth-order valence-electron chi connectivity index (χ4n) is 1.69. The van der Waals surface area contributed by atoms with Crippen LogP contribution in [0.15, 0.2) is 6.20 Å². The van der Waals surface area contributed by atoms with Gasteiger partial charge >= 0.3 is 0 Å². The van der Waals surface area contributed by atoms with Crippen molar-refractivity contribution in [3.05, 3.63) is 16.1 Å². The molecule has 1 N–H and O–H groups in total. The molecular formula is C12H20N2OS. The molecule has 0 bridgehead atoms. The van der Waals surface area contributed by atoms with Gasteiger partial charge in [0.05, 0.1) is 11.6 Å². The van der Waals surface area contributed by atoms with Crippen molar-refractivity contribution in [3.63, 3.8) is 0 Å². The van der Waals surface area contributed by atoms with E-state index in [2.05, 4.69) is 17.2 Å². The minimum Gasteiger partial charge on any atom is -0.383 e. The van der Waals surface area contributed by atoms with Crippen molar-refractivity contribution < 1.29 is 4.74 Å². The number of ether oxygens (including phenoxy) is 1. The molecule has 1 aromatic rings. The Kier molecular flexibility index (Phi) is 4.32. The Morgan fingerprint density at radius 3 is 3.06 bits per heavy atom. The van der Waals surface area contributed by atoms with Crippen LogP contribution in [0.25, 0.3) is 0 Å². The topological polar surface area (TPSA) is 34.1 Å². The summed E-state index contributed by atoms with van der Waals surface area (Å²) < 4.78 is 5.16. The zero-order valence-electron chi connectivity index (χ0n) is 10.0. The van der Waals surface area contributed by atoms with E-state index in [0.29, 0.717) is 6.04 Å². The van der Waals surface area contributed by atoms with Crippen LogP contribution in [-0.4, -0.2) is 24.7 Å². The maximum absolute atomic E-state index is 5.16. The van der Waals surface area contributed by atoms with E-state index >= 15 is 0 Å². The van der Waals surface area contributed by atoms with Crippen molar-refractivity contribution in [1.82, 2.24) is 10.3 Å². The number of methoxy groups -OCH3 is 1. The standard InChI is InChI=1S/C12H20N2OS/c1-3-10(8-15-2)13-6-11-7-14-12(16-11)9-4-5-9/h7,9-10,13H,3-6,8H2,1-2H3. The van der Waals surface area contributed by atoms with Crippen molar-refractivity contribution in [2.24, 2.45) is 0 Å². The minimum absolute atomic E-state index is 0.455. The Hall–Kier alpha value is -0.450. The third kappa shape index (κ3) is 3.27. The van der Waals surface area contributed by atoms with Crippen molar-refractivity contribution >= 4 is 11.3 Å². The summed E-state index contributed by atoms with van der Waals surface area (Å²) in [5, 5.41) is 4.83. The predicted octanol–water partition coefficient (Wildman–Crippen LogP) is 2.54. The van der Waals surface area contributed by atoms with Crippen LogP contribution < -0.4 is 5.32 Å². The summed E-state index contributed by atoms with van der Waals surface area (Å²) in [5.41, 5.74) is 0. The van der Waals surface area contributed by atoms with E-state index in [1.54, 1.807) is 7.11 Å². The zero-order chi connectivity index (χ0) is 11.4. The molecule has 90 valence electrons. The van der Waals surface area contributed by atoms with Crippen LogP contribution in [0.3, 0.4) is 0 Å². The van der Waals surface area contributed by atoms with E-state index in [1.165, 1.54) is 22.7 Å². The first kappa shape index (κ1) is 12.0. The average Bonchev–Trinajstić information content (AvgIpc) is 3.04. The van der Waals surface area contributed by atoms with E-state index in [4.69, 9.17) is 4.74 Å². The molecule has 1 fully saturated rings. The Labute approximate surface area is 101 Å². The highest BCUT2D eigenvalue weighted by Crippen LogP contribution is 2.41. The van der Waals surface area contributed by atoms with Gasteiger partial charge in [0, 0.05) is 36.7 Å². The first-order chi connectivity index (χ1) is 7.83. The Bertz CT molecular complexity index is 323. The molecule has 0 radical (unpaired) electrons. The molecule has 1 unspecified atom stereocenters. The van der Waals surface area contributed by atoms with Crippen molar-refractivity contribution in [2.45, 2.75) is 44.7 Å². The molecule has 0 spiro atoms. The number of hydrogen-bond donors (Lipinski definition) is 1. The second-order valence-corrected chi connectivity index (χ2v) is 5.53. The van der Waals surface area contributed by atoms with E-state index < -0.39 is 0 Å². The molecule has 4 heteroatoms. The van der Waals surface area contributed by atoms with Crippen molar-refractivity contribution in [2.75, 3.05) is 13.7 Å². The lowest BCUT2D eigenvalue weighted by Crippen LogP contribution is -2.31. The molecule has 0 amide bonds. The lowest BCUT2D eigenvalue weighted by Gasteiger charge is -2.14. The van der Waals surface area contributed by atoms with Gasteiger partial charge in [0.25, 0.3) is 0 Å². The van der Waals surface area contributed by atoms with E-state index in [-0.39, 0.29) is 0 Å². The predicted molar refractivity (Wildman–Crippen MR) is 66.9 cm³/mol. The van der Waals surface area contributed by atoms with Gasteiger partial charge in [-0.3, -0.25) is 0 Å². The largest absolute Gasteiger partial charge is 0.383 e. The highest BCUT2D eigenvalue weighted by atomic mass is 32.1. The first-order valence-electron chi connectivity index (χ1n) is 6.00. The summed E-state index contributed by atoms with van der Waals surface area (Å²) in [4.78, 5) is 5.82. The van der Waals surface area contributed by atoms with Gasteiger partial charge in [0.2, 0.25) is 0 Å². The quantitative estimate of drug-likeness (QED) is 0.795. The fourth-order valence-corrected chi connectivity index (χ4v) is 2.73. The Balaban J connectivity index is 1.78. The molecule has 1 heterocycles. The number of rotatable bonds is 7. The number of aromatic nitrogens is 1. The van der Waals surface area contributed by atoms with Gasteiger partial charge in [-0.05, 0) is 19.3 Å². The van der Waals surface area contributed by atoms with Gasteiger partial charge in [0.15, 0.2) is 0 Å². The maximum atomic E-state index is 5.16. The van der Waals surface area contributed by atoms with Crippen molar-refractivity contribution in [1.29, 1.82) is 0 Å². The molecule has 1 aromatic heterocycles. The summed E-state index contributed by atoms with van der Waals surface area (Å²) in [6.45, 7) is 3.88. The summed E-state index contributed by atoms with van der Waals surface area (Å²) >= 11 is 1.86. The summed E-state index contributed by atoms with van der Waals surface area (Å²) in [6, 6.07) is 0.455. The average molecular weight is 240 g/mol. The summed E-state index contributed by atoms with van der Waals surface area (Å²) in [6.07, 6.45) is 5.79. The lowest BCUT2D eigenvalue weighted by atomic mass is 10.2. The Morgan fingerprint density at radius 1 is 1.62 bits per heavy atom. The molecular weight excluding hydrogens is 220 g/mol. The van der Waals surface area contributed by atoms with Crippen LogP contribution in [0.4, 0.5) is 0 Å². The molecule has 0 aromatic carbocycles. The van der Waals surface area contributed by atoms with Gasteiger partial charge in [-0.2, -0.15) is 0 Å². The number of thiazole rings is 1. The summed E-state index contributed by atoms with van der Waals surface area (Å²) in [5.74, 6) is 0.777. The Morgan fingerprint density at radius 2 is 2.44 bits per heavy atom. The minimum atomic E-state index is 0.455. The molecule has 1 aliphatic rings. The second kappa shape index (κ2) is 5.75. The van der Waals surface area contributed by atoms with E-state index in [9.17, 15) is 0 Å². The highest BCUT2D eigenvalue weighted by Gasteiger charge is 2.26. The van der Waals surface area contributed by atoms with Gasteiger partial charge in [-0.15, -0.1) is 11.3 Å². The second-order valence-electron chi connectivity index (χ2n) is 4.38. The SMILES string of the molecule is CCC(COC)NCc1cnc(C2CC2)s1. The van der Waals surface area contributed by atoms with Crippen molar-refractivity contribution in [3.8, 4) is 0 Å². The number of nitrogens with zero attached hydrogens (tertiary/aromatic N) is 1. The molecule has 1 aliphatic carbocycles. The molecule has 2 rings (SSSR count). The zero-order valence-corrected chi connectivity index (χ0v) is 10.8.